The zero-order chi connectivity index (χ0) is 19.6. The summed E-state index contributed by atoms with van der Waals surface area (Å²) in [7, 11) is -3.69. The van der Waals surface area contributed by atoms with E-state index in [0.29, 0.717) is 12.2 Å². The van der Waals surface area contributed by atoms with Crippen molar-refractivity contribution in [1.82, 2.24) is 4.72 Å². The molecule has 1 aliphatic rings. The maximum atomic E-state index is 12.8. The summed E-state index contributed by atoms with van der Waals surface area (Å²) in [5.41, 5.74) is 1.59. The Kier molecular flexibility index (Phi) is 5.48. The maximum Gasteiger partial charge on any atom is 0.240 e. The van der Waals surface area contributed by atoms with Crippen LogP contribution >= 0.6 is 0 Å². The van der Waals surface area contributed by atoms with E-state index in [0.717, 1.165) is 11.3 Å². The maximum absolute atomic E-state index is 12.8. The van der Waals surface area contributed by atoms with Gasteiger partial charge in [-0.05, 0) is 61.4 Å². The monoisotopic (exact) mass is 392 g/mol. The molecule has 8 heteroatoms. The Labute approximate surface area is 158 Å². The molecular formula is C19H21FN2O4S. The minimum atomic E-state index is -3.69. The summed E-state index contributed by atoms with van der Waals surface area (Å²) in [6.07, 6.45) is 0.617. The number of hydrogen-bond acceptors (Lipinski definition) is 4. The first kappa shape index (κ1) is 19.3. The number of hydrogen-bond donors (Lipinski definition) is 1. The molecule has 0 radical (unpaired) electrons. The van der Waals surface area contributed by atoms with Crippen molar-refractivity contribution in [3.05, 3.63) is 53.8 Å². The van der Waals surface area contributed by atoms with Crippen molar-refractivity contribution in [2.75, 3.05) is 18.1 Å². The molecule has 0 saturated carbocycles. The van der Waals surface area contributed by atoms with Crippen LogP contribution < -0.4 is 14.4 Å². The lowest BCUT2D eigenvalue weighted by atomic mass is 10.1. The highest BCUT2D eigenvalue weighted by Gasteiger charge is 2.30. The van der Waals surface area contributed by atoms with Crippen molar-refractivity contribution in [2.45, 2.75) is 31.2 Å². The summed E-state index contributed by atoms with van der Waals surface area (Å²) in [6, 6.07) is 10.3. The molecule has 2 aromatic carbocycles. The normalized spacial score (nSPS) is 16.3. The third kappa shape index (κ3) is 4.28. The highest BCUT2D eigenvalue weighted by atomic mass is 32.2. The first-order chi connectivity index (χ1) is 12.8. The number of sulfonamides is 1. The van der Waals surface area contributed by atoms with Gasteiger partial charge in [-0.1, -0.05) is 0 Å². The Bertz CT molecular complexity index is 945. The van der Waals surface area contributed by atoms with Crippen molar-refractivity contribution in [2.24, 2.45) is 0 Å². The number of carbonyl (C=O) groups is 1. The average molecular weight is 392 g/mol. The van der Waals surface area contributed by atoms with Crippen LogP contribution in [0.15, 0.2) is 47.4 Å². The number of nitrogens with zero attached hydrogens (tertiary/aromatic N) is 1. The van der Waals surface area contributed by atoms with Crippen LogP contribution in [0.4, 0.5) is 10.1 Å². The second-order valence-corrected chi connectivity index (χ2v) is 8.20. The van der Waals surface area contributed by atoms with Crippen molar-refractivity contribution in [3.8, 4) is 5.75 Å². The van der Waals surface area contributed by atoms with Crippen LogP contribution in [0, 0.1) is 5.82 Å². The Morgan fingerprint density at radius 2 is 1.96 bits per heavy atom. The number of halogens is 1. The fourth-order valence-electron chi connectivity index (χ4n) is 3.21. The summed E-state index contributed by atoms with van der Waals surface area (Å²) in [6.45, 7) is 3.62. The van der Waals surface area contributed by atoms with Crippen molar-refractivity contribution in [3.63, 3.8) is 0 Å². The van der Waals surface area contributed by atoms with Gasteiger partial charge in [0, 0.05) is 25.2 Å². The van der Waals surface area contributed by atoms with Gasteiger partial charge < -0.3 is 9.64 Å². The number of fused-ring (bicyclic) bond motifs is 1. The summed E-state index contributed by atoms with van der Waals surface area (Å²) >= 11 is 0. The number of anilines is 1. The van der Waals surface area contributed by atoms with E-state index in [9.17, 15) is 17.6 Å². The van der Waals surface area contributed by atoms with Gasteiger partial charge in [-0.3, -0.25) is 4.79 Å². The van der Waals surface area contributed by atoms with E-state index in [1.807, 2.05) is 6.92 Å². The molecular weight excluding hydrogens is 371 g/mol. The Morgan fingerprint density at radius 3 is 2.63 bits per heavy atom. The van der Waals surface area contributed by atoms with Crippen molar-refractivity contribution < 1.29 is 22.3 Å². The minimum absolute atomic E-state index is 0.00697. The standard InChI is InChI=1S/C19H21FN2O4S/c1-13-11-15-12-18(7-8-19(15)22(13)14(2)23)27(24,25)21-9-10-26-17-5-3-16(20)4-6-17/h3-8,12-13,21H,9-11H2,1-2H3. The van der Waals surface area contributed by atoms with E-state index in [-0.39, 0.29) is 35.8 Å². The Morgan fingerprint density at radius 1 is 1.26 bits per heavy atom. The Balaban J connectivity index is 1.63. The zero-order valence-electron chi connectivity index (χ0n) is 15.1. The second kappa shape index (κ2) is 7.66. The SMILES string of the molecule is CC(=O)N1c2ccc(S(=O)(=O)NCCOc3ccc(F)cc3)cc2CC1C. The number of ether oxygens (including phenoxy) is 1. The van der Waals surface area contributed by atoms with Crippen molar-refractivity contribution >= 4 is 21.6 Å². The predicted octanol–water partition coefficient (Wildman–Crippen LogP) is 2.48. The van der Waals surface area contributed by atoms with Gasteiger partial charge in [0.05, 0.1) is 4.90 Å². The summed E-state index contributed by atoms with van der Waals surface area (Å²) < 4.78 is 45.7. The topological polar surface area (TPSA) is 75.7 Å². The van der Waals surface area contributed by atoms with Gasteiger partial charge in [0.15, 0.2) is 0 Å². The fraction of sp³-hybridized carbons (Fsp3) is 0.316. The molecule has 0 spiro atoms. The molecule has 6 nitrogen and oxygen atoms in total. The third-order valence-electron chi connectivity index (χ3n) is 4.39. The number of rotatable bonds is 6. The second-order valence-electron chi connectivity index (χ2n) is 6.43. The van der Waals surface area contributed by atoms with Gasteiger partial charge in [0.1, 0.15) is 18.2 Å². The van der Waals surface area contributed by atoms with Crippen LogP contribution in [0.2, 0.25) is 0 Å². The lowest BCUT2D eigenvalue weighted by Gasteiger charge is -2.20. The lowest BCUT2D eigenvalue weighted by Crippen LogP contribution is -2.33. The molecule has 1 aliphatic heterocycles. The summed E-state index contributed by atoms with van der Waals surface area (Å²) in [5.74, 6) is 0.0386. The third-order valence-corrected chi connectivity index (χ3v) is 5.85. The summed E-state index contributed by atoms with van der Waals surface area (Å²) in [5, 5.41) is 0. The molecule has 144 valence electrons. The van der Waals surface area contributed by atoms with Crippen LogP contribution in [-0.4, -0.2) is 33.5 Å². The van der Waals surface area contributed by atoms with E-state index in [4.69, 9.17) is 4.74 Å². The van der Waals surface area contributed by atoms with Crippen LogP contribution in [0.3, 0.4) is 0 Å². The van der Waals surface area contributed by atoms with E-state index >= 15 is 0 Å². The first-order valence-electron chi connectivity index (χ1n) is 8.59. The first-order valence-corrected chi connectivity index (χ1v) is 10.1. The molecule has 0 fully saturated rings. The van der Waals surface area contributed by atoms with Crippen LogP contribution in [0.1, 0.15) is 19.4 Å². The van der Waals surface area contributed by atoms with Gasteiger partial charge in [-0.2, -0.15) is 0 Å². The zero-order valence-corrected chi connectivity index (χ0v) is 15.9. The highest BCUT2D eigenvalue weighted by Crippen LogP contribution is 2.33. The number of benzene rings is 2. The molecule has 0 aromatic heterocycles. The van der Waals surface area contributed by atoms with E-state index in [1.54, 1.807) is 17.0 Å². The molecule has 0 bridgehead atoms. The van der Waals surface area contributed by atoms with Crippen molar-refractivity contribution in [1.29, 1.82) is 0 Å². The fourth-order valence-corrected chi connectivity index (χ4v) is 4.28. The van der Waals surface area contributed by atoms with E-state index in [1.165, 1.54) is 37.3 Å². The number of nitrogens with one attached hydrogen (secondary N) is 1. The minimum Gasteiger partial charge on any atom is -0.492 e. The van der Waals surface area contributed by atoms with Crippen LogP contribution in [-0.2, 0) is 21.2 Å². The number of amides is 1. The van der Waals surface area contributed by atoms with Crippen LogP contribution in [0.5, 0.6) is 5.75 Å². The average Bonchev–Trinajstić information content (AvgIpc) is 2.95. The molecule has 1 atom stereocenters. The molecule has 0 aliphatic carbocycles. The molecule has 3 rings (SSSR count). The van der Waals surface area contributed by atoms with Gasteiger partial charge in [0.25, 0.3) is 0 Å². The molecule has 1 amide bonds. The molecule has 0 saturated heterocycles. The van der Waals surface area contributed by atoms with Crippen LogP contribution in [0.25, 0.3) is 0 Å². The van der Waals surface area contributed by atoms with Gasteiger partial charge >= 0.3 is 0 Å². The molecule has 2 aromatic rings. The Hall–Kier alpha value is -2.45. The predicted molar refractivity (Wildman–Crippen MR) is 99.9 cm³/mol. The number of carbonyl (C=O) groups excluding carboxylic acids is 1. The largest absolute Gasteiger partial charge is 0.492 e. The summed E-state index contributed by atoms with van der Waals surface area (Å²) in [4.78, 5) is 13.6. The quantitative estimate of drug-likeness (QED) is 0.767. The van der Waals surface area contributed by atoms with Gasteiger partial charge in [0.2, 0.25) is 15.9 Å². The molecule has 1 unspecified atom stereocenters. The lowest BCUT2D eigenvalue weighted by molar-refractivity contribution is -0.116. The van der Waals surface area contributed by atoms with Gasteiger partial charge in [-0.15, -0.1) is 0 Å². The van der Waals surface area contributed by atoms with E-state index in [2.05, 4.69) is 4.72 Å². The molecule has 1 N–H and O–H groups in total. The smallest absolute Gasteiger partial charge is 0.240 e. The van der Waals surface area contributed by atoms with Gasteiger partial charge in [-0.25, -0.2) is 17.5 Å². The highest BCUT2D eigenvalue weighted by molar-refractivity contribution is 7.89. The van der Waals surface area contributed by atoms with E-state index < -0.39 is 10.0 Å². The molecule has 1 heterocycles. The molecule has 27 heavy (non-hydrogen) atoms.